The number of nitrogens with one attached hydrogen (secondary N) is 1. The third-order valence-corrected chi connectivity index (χ3v) is 5.37. The molecular weight excluding hydrogens is 402 g/mol. The highest BCUT2D eigenvalue weighted by atomic mass is 16.5. The van der Waals surface area contributed by atoms with Gasteiger partial charge in [-0.15, -0.1) is 0 Å². The summed E-state index contributed by atoms with van der Waals surface area (Å²) >= 11 is 0. The lowest BCUT2D eigenvalue weighted by Gasteiger charge is -2.28. The van der Waals surface area contributed by atoms with Crippen LogP contribution in [0, 0.1) is 0 Å². The van der Waals surface area contributed by atoms with Crippen molar-refractivity contribution in [2.45, 2.75) is 0 Å². The van der Waals surface area contributed by atoms with Crippen molar-refractivity contribution in [1.82, 2.24) is 4.98 Å². The Kier molecular flexibility index (Phi) is 5.68. The molecule has 160 valence electrons. The van der Waals surface area contributed by atoms with Gasteiger partial charge in [0, 0.05) is 24.2 Å². The Morgan fingerprint density at radius 1 is 0.875 bits per heavy atom. The number of hydrogen-bond acceptors (Lipinski definition) is 5. The lowest BCUT2D eigenvalue weighted by molar-refractivity contribution is 0.102. The average Bonchev–Trinajstić information content (AvgIpc) is 2.85. The summed E-state index contributed by atoms with van der Waals surface area (Å²) in [5.74, 6) is 2.10. The number of nitrogens with zero attached hydrogens (tertiary/aromatic N) is 2. The molecule has 1 aliphatic rings. The molecule has 6 heteroatoms. The highest BCUT2D eigenvalue weighted by Gasteiger charge is 2.18. The van der Waals surface area contributed by atoms with Gasteiger partial charge in [0.2, 0.25) is 0 Å². The minimum Gasteiger partial charge on any atom is -0.457 e. The van der Waals surface area contributed by atoms with Crippen LogP contribution in [0.1, 0.15) is 10.4 Å². The van der Waals surface area contributed by atoms with Crippen molar-refractivity contribution < 1.29 is 14.3 Å². The zero-order valence-electron chi connectivity index (χ0n) is 17.5. The van der Waals surface area contributed by atoms with Gasteiger partial charge in [-0.3, -0.25) is 4.79 Å². The van der Waals surface area contributed by atoms with Crippen LogP contribution in [0.3, 0.4) is 0 Å². The number of morpholine rings is 1. The number of ether oxygens (including phenoxy) is 2. The zero-order valence-corrected chi connectivity index (χ0v) is 17.5. The number of amides is 1. The number of hydrogen-bond donors (Lipinski definition) is 1. The number of benzene rings is 3. The fourth-order valence-corrected chi connectivity index (χ4v) is 3.73. The molecule has 1 fully saturated rings. The van der Waals surface area contributed by atoms with E-state index in [1.54, 1.807) is 0 Å². The van der Waals surface area contributed by atoms with Gasteiger partial charge >= 0.3 is 0 Å². The molecule has 4 aromatic rings. The van der Waals surface area contributed by atoms with E-state index in [2.05, 4.69) is 10.2 Å². The van der Waals surface area contributed by atoms with Crippen molar-refractivity contribution in [2.24, 2.45) is 0 Å². The quantitative estimate of drug-likeness (QED) is 0.481. The first-order valence-corrected chi connectivity index (χ1v) is 10.6. The van der Waals surface area contributed by atoms with Gasteiger partial charge in [-0.2, -0.15) is 0 Å². The van der Waals surface area contributed by atoms with Crippen molar-refractivity contribution in [3.05, 3.63) is 90.5 Å². The van der Waals surface area contributed by atoms with Crippen molar-refractivity contribution in [3.8, 4) is 11.5 Å². The van der Waals surface area contributed by atoms with E-state index in [1.807, 2.05) is 84.9 Å². The van der Waals surface area contributed by atoms with Gasteiger partial charge in [-0.1, -0.05) is 36.4 Å². The van der Waals surface area contributed by atoms with E-state index >= 15 is 0 Å². The summed E-state index contributed by atoms with van der Waals surface area (Å²) in [6, 6.07) is 26.5. The highest BCUT2D eigenvalue weighted by Crippen LogP contribution is 2.26. The fraction of sp³-hybridized carbons (Fsp3) is 0.154. The molecule has 1 aromatic heterocycles. The van der Waals surface area contributed by atoms with E-state index in [-0.39, 0.29) is 5.91 Å². The molecule has 6 nitrogen and oxygen atoms in total. The maximum atomic E-state index is 13.2. The van der Waals surface area contributed by atoms with Crippen LogP contribution >= 0.6 is 0 Å². The van der Waals surface area contributed by atoms with Crippen molar-refractivity contribution in [1.29, 1.82) is 0 Å². The predicted octanol–water partition coefficient (Wildman–Crippen LogP) is 5.12. The van der Waals surface area contributed by atoms with Crippen LogP contribution in [0.15, 0.2) is 84.9 Å². The molecule has 32 heavy (non-hydrogen) atoms. The van der Waals surface area contributed by atoms with Gasteiger partial charge in [0.1, 0.15) is 17.3 Å². The maximum Gasteiger partial charge on any atom is 0.256 e. The number of aromatic nitrogens is 1. The minimum atomic E-state index is -0.171. The van der Waals surface area contributed by atoms with Crippen molar-refractivity contribution >= 4 is 28.3 Å². The second kappa shape index (κ2) is 9.08. The Hall–Kier alpha value is -3.90. The first kappa shape index (κ1) is 20.0. The van der Waals surface area contributed by atoms with E-state index in [9.17, 15) is 4.79 Å². The molecule has 0 unspecified atom stereocenters. The zero-order chi connectivity index (χ0) is 21.8. The van der Waals surface area contributed by atoms with Gasteiger partial charge in [0.25, 0.3) is 5.91 Å². The van der Waals surface area contributed by atoms with Crippen molar-refractivity contribution in [3.63, 3.8) is 0 Å². The monoisotopic (exact) mass is 425 g/mol. The molecule has 1 amide bonds. The van der Waals surface area contributed by atoms with Gasteiger partial charge in [-0.05, 0) is 48.5 Å². The molecular formula is C26H23N3O3. The summed E-state index contributed by atoms with van der Waals surface area (Å²) in [4.78, 5) is 20.2. The molecule has 0 aliphatic carbocycles. The highest BCUT2D eigenvalue weighted by molar-refractivity contribution is 6.13. The van der Waals surface area contributed by atoms with Crippen LogP contribution in [0.25, 0.3) is 10.9 Å². The van der Waals surface area contributed by atoms with E-state index in [0.717, 1.165) is 35.6 Å². The molecule has 1 N–H and O–H groups in total. The lowest BCUT2D eigenvalue weighted by atomic mass is 10.1. The van der Waals surface area contributed by atoms with Crippen LogP contribution in [0.5, 0.6) is 11.5 Å². The summed E-state index contributed by atoms with van der Waals surface area (Å²) in [6.07, 6.45) is 0. The normalized spacial score (nSPS) is 13.7. The van der Waals surface area contributed by atoms with Crippen molar-refractivity contribution in [2.75, 3.05) is 36.5 Å². The molecule has 0 saturated carbocycles. The molecule has 1 aliphatic heterocycles. The number of rotatable bonds is 5. The number of pyridine rings is 1. The largest absolute Gasteiger partial charge is 0.457 e. The van der Waals surface area contributed by atoms with E-state index < -0.39 is 0 Å². The first-order valence-electron chi connectivity index (χ1n) is 10.6. The van der Waals surface area contributed by atoms with Crippen LogP contribution in [0.4, 0.5) is 11.5 Å². The number of para-hydroxylation sites is 2. The smallest absolute Gasteiger partial charge is 0.256 e. The van der Waals surface area contributed by atoms with E-state index in [0.29, 0.717) is 30.2 Å². The number of carbonyl (C=O) groups is 1. The molecule has 1 saturated heterocycles. The molecule has 3 aromatic carbocycles. The third kappa shape index (κ3) is 4.40. The molecule has 0 atom stereocenters. The number of fused-ring (bicyclic) bond motifs is 1. The summed E-state index contributed by atoms with van der Waals surface area (Å²) in [5, 5.41) is 3.83. The fourth-order valence-electron chi connectivity index (χ4n) is 3.73. The topological polar surface area (TPSA) is 63.7 Å². The summed E-state index contributed by atoms with van der Waals surface area (Å²) in [7, 11) is 0. The Morgan fingerprint density at radius 2 is 1.56 bits per heavy atom. The van der Waals surface area contributed by atoms with Crippen LogP contribution in [0.2, 0.25) is 0 Å². The second-order valence-electron chi connectivity index (χ2n) is 7.54. The Balaban J connectivity index is 1.38. The van der Waals surface area contributed by atoms with Crippen LogP contribution in [-0.4, -0.2) is 37.2 Å². The summed E-state index contributed by atoms with van der Waals surface area (Å²) < 4.78 is 11.3. The standard InChI is InChI=1S/C26H23N3O3/c30-26(27-19-10-12-21(13-11-19)32-20-6-2-1-3-7-20)23-18-25(29-14-16-31-17-15-29)28-24-9-5-4-8-22(23)24/h1-13,18H,14-17H2,(H,27,30). The summed E-state index contributed by atoms with van der Waals surface area (Å²) in [6.45, 7) is 2.84. The molecule has 0 bridgehead atoms. The van der Waals surface area contributed by atoms with E-state index in [4.69, 9.17) is 14.5 Å². The van der Waals surface area contributed by atoms with E-state index in [1.165, 1.54) is 0 Å². The average molecular weight is 425 g/mol. The molecule has 0 radical (unpaired) electrons. The van der Waals surface area contributed by atoms with Gasteiger partial charge in [0.05, 0.1) is 24.3 Å². The van der Waals surface area contributed by atoms with Crippen LogP contribution < -0.4 is 15.0 Å². The van der Waals surface area contributed by atoms with Gasteiger partial charge in [-0.25, -0.2) is 4.98 Å². The lowest BCUT2D eigenvalue weighted by Crippen LogP contribution is -2.37. The Labute approximate surface area is 186 Å². The SMILES string of the molecule is O=C(Nc1ccc(Oc2ccccc2)cc1)c1cc(N2CCOCC2)nc2ccccc12. The number of anilines is 2. The molecule has 2 heterocycles. The van der Waals surface area contributed by atoms with Crippen LogP contribution in [-0.2, 0) is 4.74 Å². The minimum absolute atomic E-state index is 0.171. The second-order valence-corrected chi connectivity index (χ2v) is 7.54. The van der Waals surface area contributed by atoms with Gasteiger partial charge < -0.3 is 19.7 Å². The number of carbonyl (C=O) groups excluding carboxylic acids is 1. The Morgan fingerprint density at radius 3 is 2.34 bits per heavy atom. The Bertz CT molecular complexity index is 1220. The van der Waals surface area contributed by atoms with Gasteiger partial charge in [0.15, 0.2) is 0 Å². The molecule has 5 rings (SSSR count). The summed E-state index contributed by atoms with van der Waals surface area (Å²) in [5.41, 5.74) is 2.10. The molecule has 0 spiro atoms. The third-order valence-electron chi connectivity index (χ3n) is 5.37. The predicted molar refractivity (Wildman–Crippen MR) is 126 cm³/mol. The maximum absolute atomic E-state index is 13.2. The first-order chi connectivity index (χ1) is 15.8.